The van der Waals surface area contributed by atoms with Crippen LogP contribution < -0.4 is 5.32 Å². The Hall–Kier alpha value is -1.03. The number of amides is 2. The fraction of sp³-hybridized carbons (Fsp3) is 0.583. The highest BCUT2D eigenvalue weighted by Crippen LogP contribution is 2.09. The standard InChI is InChI=1S/C12H20N2OS/c1-12(2,3)13-11(15)14(4)8-7-10-6-5-9-16-10/h5-6,9H,7-8H2,1-4H3,(H,13,15). The Balaban J connectivity index is 2.35. The molecule has 0 aliphatic carbocycles. The van der Waals surface area contributed by atoms with Gasteiger partial charge in [0.1, 0.15) is 0 Å². The highest BCUT2D eigenvalue weighted by molar-refractivity contribution is 7.09. The molecule has 0 spiro atoms. The highest BCUT2D eigenvalue weighted by atomic mass is 32.1. The normalized spacial score (nSPS) is 11.2. The predicted octanol–water partition coefficient (Wildman–Crippen LogP) is 2.73. The molecule has 0 saturated heterocycles. The molecule has 0 aliphatic rings. The minimum Gasteiger partial charge on any atom is -0.333 e. The van der Waals surface area contributed by atoms with Gasteiger partial charge in [-0.25, -0.2) is 4.79 Å². The maximum Gasteiger partial charge on any atom is 0.317 e. The van der Waals surface area contributed by atoms with Crippen molar-refractivity contribution in [3.8, 4) is 0 Å². The molecule has 0 aliphatic heterocycles. The van der Waals surface area contributed by atoms with E-state index < -0.39 is 0 Å². The van der Waals surface area contributed by atoms with E-state index in [2.05, 4.69) is 16.8 Å². The van der Waals surface area contributed by atoms with E-state index in [4.69, 9.17) is 0 Å². The molecular formula is C12H20N2OS. The Bertz CT molecular complexity index is 327. The van der Waals surface area contributed by atoms with Gasteiger partial charge in [0, 0.05) is 24.0 Å². The van der Waals surface area contributed by atoms with Gasteiger partial charge in [-0.1, -0.05) is 6.07 Å². The molecule has 1 rings (SSSR count). The predicted molar refractivity (Wildman–Crippen MR) is 68.9 cm³/mol. The fourth-order valence-corrected chi connectivity index (χ4v) is 1.95. The monoisotopic (exact) mass is 240 g/mol. The number of urea groups is 1. The fourth-order valence-electron chi connectivity index (χ4n) is 1.25. The third-order valence-corrected chi connectivity index (χ3v) is 3.04. The summed E-state index contributed by atoms with van der Waals surface area (Å²) >= 11 is 1.73. The molecule has 0 bridgehead atoms. The van der Waals surface area contributed by atoms with Crippen LogP contribution in [0.15, 0.2) is 17.5 Å². The molecule has 0 aromatic carbocycles. The molecule has 1 heterocycles. The number of hydrogen-bond donors (Lipinski definition) is 1. The quantitative estimate of drug-likeness (QED) is 0.865. The van der Waals surface area contributed by atoms with Gasteiger partial charge in [-0.2, -0.15) is 0 Å². The summed E-state index contributed by atoms with van der Waals surface area (Å²) in [5.74, 6) is 0. The molecule has 4 heteroatoms. The van der Waals surface area contributed by atoms with Crippen molar-refractivity contribution in [1.29, 1.82) is 0 Å². The Morgan fingerprint density at radius 1 is 1.50 bits per heavy atom. The van der Waals surface area contributed by atoms with E-state index in [0.717, 1.165) is 13.0 Å². The van der Waals surface area contributed by atoms with Gasteiger partial charge in [0.25, 0.3) is 0 Å². The first kappa shape index (κ1) is 13.0. The van der Waals surface area contributed by atoms with Crippen LogP contribution in [0.3, 0.4) is 0 Å². The summed E-state index contributed by atoms with van der Waals surface area (Å²) in [6, 6.07) is 4.12. The summed E-state index contributed by atoms with van der Waals surface area (Å²) in [5, 5.41) is 5.00. The minimum absolute atomic E-state index is 0.0101. The Morgan fingerprint density at radius 2 is 2.19 bits per heavy atom. The molecular weight excluding hydrogens is 220 g/mol. The molecule has 16 heavy (non-hydrogen) atoms. The van der Waals surface area contributed by atoms with Crippen LogP contribution in [0.4, 0.5) is 4.79 Å². The highest BCUT2D eigenvalue weighted by Gasteiger charge is 2.16. The van der Waals surface area contributed by atoms with Gasteiger partial charge >= 0.3 is 6.03 Å². The zero-order valence-electron chi connectivity index (χ0n) is 10.4. The van der Waals surface area contributed by atoms with Crippen LogP contribution >= 0.6 is 11.3 Å². The van der Waals surface area contributed by atoms with Crippen molar-refractivity contribution >= 4 is 17.4 Å². The Labute approximate surface area is 101 Å². The lowest BCUT2D eigenvalue weighted by molar-refractivity contribution is 0.200. The lowest BCUT2D eigenvalue weighted by atomic mass is 10.1. The second-order valence-electron chi connectivity index (χ2n) is 4.93. The number of rotatable bonds is 3. The molecule has 3 nitrogen and oxygen atoms in total. The van der Waals surface area contributed by atoms with E-state index in [1.807, 2.05) is 33.9 Å². The van der Waals surface area contributed by atoms with E-state index >= 15 is 0 Å². The molecule has 0 unspecified atom stereocenters. The van der Waals surface area contributed by atoms with Crippen molar-refractivity contribution in [2.24, 2.45) is 0 Å². The number of nitrogens with one attached hydrogen (secondary N) is 1. The van der Waals surface area contributed by atoms with Crippen molar-refractivity contribution in [3.63, 3.8) is 0 Å². The first-order valence-corrected chi connectivity index (χ1v) is 6.32. The first-order valence-electron chi connectivity index (χ1n) is 5.44. The number of hydrogen-bond acceptors (Lipinski definition) is 2. The summed E-state index contributed by atoms with van der Waals surface area (Å²) in [6.45, 7) is 6.70. The van der Waals surface area contributed by atoms with Crippen LogP contribution in [0, 0.1) is 0 Å². The van der Waals surface area contributed by atoms with Crippen LogP contribution in [0.2, 0.25) is 0 Å². The average molecular weight is 240 g/mol. The average Bonchev–Trinajstić information content (AvgIpc) is 2.63. The van der Waals surface area contributed by atoms with Crippen molar-refractivity contribution in [2.75, 3.05) is 13.6 Å². The summed E-state index contributed by atoms with van der Waals surface area (Å²) in [7, 11) is 1.83. The maximum atomic E-state index is 11.7. The third kappa shape index (κ3) is 4.66. The SMILES string of the molecule is CN(CCc1cccs1)C(=O)NC(C)(C)C. The van der Waals surface area contributed by atoms with Crippen LogP contribution in [-0.4, -0.2) is 30.1 Å². The second-order valence-corrected chi connectivity index (χ2v) is 5.96. The summed E-state index contributed by atoms with van der Waals surface area (Å²) in [6.07, 6.45) is 0.922. The Morgan fingerprint density at radius 3 is 2.69 bits per heavy atom. The van der Waals surface area contributed by atoms with Gasteiger partial charge in [-0.3, -0.25) is 0 Å². The van der Waals surface area contributed by atoms with Crippen molar-refractivity contribution < 1.29 is 4.79 Å². The zero-order valence-corrected chi connectivity index (χ0v) is 11.2. The van der Waals surface area contributed by atoms with Gasteiger partial charge in [0.2, 0.25) is 0 Å². The van der Waals surface area contributed by atoms with Crippen molar-refractivity contribution in [2.45, 2.75) is 32.7 Å². The maximum absolute atomic E-state index is 11.7. The number of carbonyl (C=O) groups is 1. The van der Waals surface area contributed by atoms with E-state index in [1.165, 1.54) is 4.88 Å². The van der Waals surface area contributed by atoms with Crippen molar-refractivity contribution in [1.82, 2.24) is 10.2 Å². The van der Waals surface area contributed by atoms with E-state index in [9.17, 15) is 4.79 Å². The van der Waals surface area contributed by atoms with Crippen LogP contribution in [0.1, 0.15) is 25.6 Å². The lowest BCUT2D eigenvalue weighted by Crippen LogP contribution is -2.47. The molecule has 1 aromatic heterocycles. The number of thiophene rings is 1. The summed E-state index contributed by atoms with van der Waals surface area (Å²) in [5.41, 5.74) is -0.172. The van der Waals surface area contributed by atoms with Crippen LogP contribution in [0.25, 0.3) is 0 Å². The molecule has 90 valence electrons. The molecule has 0 saturated carbocycles. The minimum atomic E-state index is -0.172. The molecule has 1 aromatic rings. The molecule has 0 atom stereocenters. The topological polar surface area (TPSA) is 32.3 Å². The van der Waals surface area contributed by atoms with Crippen LogP contribution in [0.5, 0.6) is 0 Å². The molecule has 0 fully saturated rings. The smallest absolute Gasteiger partial charge is 0.317 e. The zero-order chi connectivity index (χ0) is 12.2. The van der Waals surface area contributed by atoms with Crippen molar-refractivity contribution in [3.05, 3.63) is 22.4 Å². The van der Waals surface area contributed by atoms with Gasteiger partial charge in [0.15, 0.2) is 0 Å². The number of carbonyl (C=O) groups excluding carboxylic acids is 1. The third-order valence-electron chi connectivity index (χ3n) is 2.10. The number of likely N-dealkylation sites (N-methyl/N-ethyl adjacent to an activating group) is 1. The first-order chi connectivity index (χ1) is 7.38. The molecule has 2 amide bonds. The molecule has 0 radical (unpaired) electrons. The van der Waals surface area contributed by atoms with Crippen LogP contribution in [-0.2, 0) is 6.42 Å². The summed E-state index contributed by atoms with van der Waals surface area (Å²) in [4.78, 5) is 14.8. The van der Waals surface area contributed by atoms with E-state index in [-0.39, 0.29) is 11.6 Å². The van der Waals surface area contributed by atoms with Gasteiger partial charge in [0.05, 0.1) is 0 Å². The summed E-state index contributed by atoms with van der Waals surface area (Å²) < 4.78 is 0. The van der Waals surface area contributed by atoms with E-state index in [0.29, 0.717) is 0 Å². The van der Waals surface area contributed by atoms with E-state index in [1.54, 1.807) is 16.2 Å². The molecule has 1 N–H and O–H groups in total. The van der Waals surface area contributed by atoms with Gasteiger partial charge in [-0.05, 0) is 38.6 Å². The lowest BCUT2D eigenvalue weighted by Gasteiger charge is -2.25. The Kier molecular flexibility index (Phi) is 4.35. The van der Waals surface area contributed by atoms with Gasteiger partial charge < -0.3 is 10.2 Å². The second kappa shape index (κ2) is 5.34. The largest absolute Gasteiger partial charge is 0.333 e. The number of nitrogens with zero attached hydrogens (tertiary/aromatic N) is 1. The van der Waals surface area contributed by atoms with Gasteiger partial charge in [-0.15, -0.1) is 11.3 Å².